The fourth-order valence-electron chi connectivity index (χ4n) is 4.33. The van der Waals surface area contributed by atoms with E-state index in [0.717, 1.165) is 65.8 Å². The number of ketones is 2. The summed E-state index contributed by atoms with van der Waals surface area (Å²) in [6.45, 7) is 2.74. The number of Topliss-reactive ketones (excluding diaryl/α,β-unsaturated/α-hetero) is 2. The minimum absolute atomic E-state index is 0.0932. The molecular formula is C23H25BrO4. The monoisotopic (exact) mass is 444 g/mol. The maximum Gasteiger partial charge on any atom is 0.163 e. The summed E-state index contributed by atoms with van der Waals surface area (Å²) in [7, 11) is 0. The van der Waals surface area contributed by atoms with E-state index in [1.807, 2.05) is 18.2 Å². The van der Waals surface area contributed by atoms with Crippen LogP contribution in [0, 0.1) is 0 Å². The number of unbranched alkanes of at least 4 members (excludes halogenated alkanes) is 1. The van der Waals surface area contributed by atoms with Gasteiger partial charge in [-0.25, -0.2) is 0 Å². The molecule has 0 atom stereocenters. The fraction of sp³-hybridized carbons (Fsp3) is 0.478. The van der Waals surface area contributed by atoms with E-state index in [9.17, 15) is 9.59 Å². The summed E-state index contributed by atoms with van der Waals surface area (Å²) in [6, 6.07) is 5.88. The highest BCUT2D eigenvalue weighted by Crippen LogP contribution is 2.50. The summed E-state index contributed by atoms with van der Waals surface area (Å²) >= 11 is 3.56. The van der Waals surface area contributed by atoms with Crippen LogP contribution >= 0.6 is 15.9 Å². The van der Waals surface area contributed by atoms with E-state index in [4.69, 9.17) is 9.47 Å². The Hall–Kier alpha value is -1.88. The Balaban J connectivity index is 1.86. The molecule has 28 heavy (non-hydrogen) atoms. The van der Waals surface area contributed by atoms with Crippen molar-refractivity contribution in [2.24, 2.45) is 0 Å². The zero-order valence-electron chi connectivity index (χ0n) is 16.2. The van der Waals surface area contributed by atoms with Crippen molar-refractivity contribution >= 4 is 27.5 Å². The highest BCUT2D eigenvalue weighted by Gasteiger charge is 2.42. The molecule has 148 valence electrons. The molecule has 0 fully saturated rings. The van der Waals surface area contributed by atoms with E-state index in [0.29, 0.717) is 30.6 Å². The summed E-state index contributed by atoms with van der Waals surface area (Å²) in [6.07, 6.45) is 6.14. The molecule has 0 bridgehead atoms. The van der Waals surface area contributed by atoms with Gasteiger partial charge in [0.05, 0.1) is 12.5 Å². The first-order valence-electron chi connectivity index (χ1n) is 10.2. The molecule has 5 heteroatoms. The third-order valence-electron chi connectivity index (χ3n) is 5.68. The van der Waals surface area contributed by atoms with Gasteiger partial charge in [0.15, 0.2) is 11.6 Å². The van der Waals surface area contributed by atoms with E-state index in [1.165, 1.54) is 0 Å². The second-order valence-electron chi connectivity index (χ2n) is 7.65. The molecule has 0 saturated heterocycles. The minimum Gasteiger partial charge on any atom is -0.493 e. The van der Waals surface area contributed by atoms with Crippen LogP contribution in [0.3, 0.4) is 0 Å². The number of ether oxygens (including phenoxy) is 2. The van der Waals surface area contributed by atoms with Crippen LogP contribution in [0.15, 0.2) is 45.3 Å². The summed E-state index contributed by atoms with van der Waals surface area (Å²) in [5.74, 6) is 2.07. The lowest BCUT2D eigenvalue weighted by Crippen LogP contribution is -2.30. The van der Waals surface area contributed by atoms with Crippen molar-refractivity contribution < 1.29 is 19.1 Å². The molecule has 0 spiro atoms. The van der Waals surface area contributed by atoms with Crippen LogP contribution in [0.1, 0.15) is 69.8 Å². The first-order chi connectivity index (χ1) is 13.6. The van der Waals surface area contributed by atoms with Gasteiger partial charge in [-0.3, -0.25) is 9.59 Å². The standard InChI is InChI=1S/C23H25BrO4/c1-2-3-12-27-18-11-10-14(24)13-15(18)21-22-16(25)6-4-8-19(22)28-20-9-5-7-17(26)23(20)21/h10-11,13,21H,2-9,12H2,1H3. The smallest absolute Gasteiger partial charge is 0.163 e. The fourth-order valence-corrected chi connectivity index (χ4v) is 4.71. The van der Waals surface area contributed by atoms with Crippen molar-refractivity contribution in [2.45, 2.75) is 64.2 Å². The number of carbonyl (C=O) groups is 2. The first kappa shape index (κ1) is 19.4. The Bertz CT molecular complexity index is 839. The van der Waals surface area contributed by atoms with Crippen LogP contribution < -0.4 is 4.74 Å². The molecule has 4 rings (SSSR count). The molecular weight excluding hydrogens is 420 g/mol. The summed E-state index contributed by atoms with van der Waals surface area (Å²) in [5, 5.41) is 0. The normalized spacial score (nSPS) is 20.1. The molecule has 3 aliphatic rings. The van der Waals surface area contributed by atoms with Crippen molar-refractivity contribution in [3.63, 3.8) is 0 Å². The maximum absolute atomic E-state index is 12.9. The van der Waals surface area contributed by atoms with Gasteiger partial charge in [-0.05, 0) is 37.5 Å². The number of hydrogen-bond acceptors (Lipinski definition) is 4. The zero-order chi connectivity index (χ0) is 19.7. The third-order valence-corrected chi connectivity index (χ3v) is 6.17. The number of halogens is 1. The summed E-state index contributed by atoms with van der Waals surface area (Å²) in [5.41, 5.74) is 2.22. The van der Waals surface area contributed by atoms with Crippen LogP contribution in [-0.2, 0) is 14.3 Å². The number of allylic oxidation sites excluding steroid dienone is 4. The average molecular weight is 445 g/mol. The molecule has 1 aliphatic heterocycles. The van der Waals surface area contributed by atoms with Gasteiger partial charge < -0.3 is 9.47 Å². The van der Waals surface area contributed by atoms with Crippen molar-refractivity contribution in [3.05, 3.63) is 50.9 Å². The molecule has 0 amide bonds. The van der Waals surface area contributed by atoms with Crippen LogP contribution in [0.5, 0.6) is 5.75 Å². The molecule has 1 aromatic carbocycles. The van der Waals surface area contributed by atoms with Gasteiger partial charge in [0, 0.05) is 46.9 Å². The van der Waals surface area contributed by atoms with E-state index in [-0.39, 0.29) is 17.5 Å². The number of benzene rings is 1. The number of rotatable bonds is 5. The van der Waals surface area contributed by atoms with Crippen LogP contribution in [0.4, 0.5) is 0 Å². The average Bonchev–Trinajstić information content (AvgIpc) is 2.68. The van der Waals surface area contributed by atoms with Crippen molar-refractivity contribution in [2.75, 3.05) is 6.61 Å². The highest BCUT2D eigenvalue weighted by molar-refractivity contribution is 9.10. The minimum atomic E-state index is -0.381. The predicted octanol–water partition coefficient (Wildman–Crippen LogP) is 5.76. The third kappa shape index (κ3) is 3.57. The van der Waals surface area contributed by atoms with Crippen molar-refractivity contribution in [1.29, 1.82) is 0 Å². The summed E-state index contributed by atoms with van der Waals surface area (Å²) in [4.78, 5) is 25.9. The molecule has 0 unspecified atom stereocenters. The lowest BCUT2D eigenvalue weighted by molar-refractivity contribution is -0.117. The van der Waals surface area contributed by atoms with Crippen molar-refractivity contribution in [3.8, 4) is 5.75 Å². The number of carbonyl (C=O) groups excluding carboxylic acids is 2. The van der Waals surface area contributed by atoms with Gasteiger partial charge in [-0.2, -0.15) is 0 Å². The maximum atomic E-state index is 12.9. The molecule has 0 radical (unpaired) electrons. The quantitative estimate of drug-likeness (QED) is 0.541. The van der Waals surface area contributed by atoms with Gasteiger partial charge in [0.25, 0.3) is 0 Å². The van der Waals surface area contributed by atoms with Gasteiger partial charge >= 0.3 is 0 Å². The van der Waals surface area contributed by atoms with Gasteiger partial charge in [0.2, 0.25) is 0 Å². The van der Waals surface area contributed by atoms with Gasteiger partial charge in [-0.1, -0.05) is 29.3 Å². The van der Waals surface area contributed by atoms with Gasteiger partial charge in [-0.15, -0.1) is 0 Å². The van der Waals surface area contributed by atoms with Crippen LogP contribution in [0.2, 0.25) is 0 Å². The Morgan fingerprint density at radius 1 is 1.04 bits per heavy atom. The zero-order valence-corrected chi connectivity index (χ0v) is 17.8. The van der Waals surface area contributed by atoms with Gasteiger partial charge in [0.1, 0.15) is 17.3 Å². The lowest BCUT2D eigenvalue weighted by Gasteiger charge is -2.36. The summed E-state index contributed by atoms with van der Waals surface area (Å²) < 4.78 is 13.1. The second kappa shape index (κ2) is 8.24. The Kier molecular flexibility index (Phi) is 5.72. The Labute approximate surface area is 174 Å². The first-order valence-corrected chi connectivity index (χ1v) is 11.0. The van der Waals surface area contributed by atoms with Crippen molar-refractivity contribution in [1.82, 2.24) is 0 Å². The molecule has 1 heterocycles. The molecule has 0 N–H and O–H groups in total. The van der Waals surface area contributed by atoms with E-state index < -0.39 is 0 Å². The highest BCUT2D eigenvalue weighted by atomic mass is 79.9. The van der Waals surface area contributed by atoms with E-state index in [1.54, 1.807) is 0 Å². The molecule has 4 nitrogen and oxygen atoms in total. The lowest BCUT2D eigenvalue weighted by atomic mass is 9.73. The second-order valence-corrected chi connectivity index (χ2v) is 8.56. The van der Waals surface area contributed by atoms with E-state index >= 15 is 0 Å². The largest absolute Gasteiger partial charge is 0.493 e. The molecule has 2 aliphatic carbocycles. The Morgan fingerprint density at radius 3 is 2.29 bits per heavy atom. The molecule has 0 aromatic heterocycles. The van der Waals surface area contributed by atoms with Crippen LogP contribution in [0.25, 0.3) is 0 Å². The molecule has 0 saturated carbocycles. The van der Waals surface area contributed by atoms with E-state index in [2.05, 4.69) is 22.9 Å². The SMILES string of the molecule is CCCCOc1ccc(Br)cc1C1C2=C(CCCC2=O)OC2=C1C(=O)CCC2. The Morgan fingerprint density at radius 2 is 1.68 bits per heavy atom. The number of hydrogen-bond donors (Lipinski definition) is 0. The molecule has 1 aromatic rings. The predicted molar refractivity (Wildman–Crippen MR) is 110 cm³/mol. The van der Waals surface area contributed by atoms with Crippen LogP contribution in [-0.4, -0.2) is 18.2 Å². The topological polar surface area (TPSA) is 52.6 Å².